The normalized spacial score (nSPS) is 10.9. The number of aromatic nitrogens is 2. The molecule has 0 bridgehead atoms. The van der Waals surface area contributed by atoms with Crippen LogP contribution in [0.15, 0.2) is 35.3 Å². The molecule has 1 aromatic carbocycles. The Hall–Kier alpha value is -2.22. The van der Waals surface area contributed by atoms with Crippen LogP contribution in [0, 0.1) is 0 Å². The Labute approximate surface area is 143 Å². The van der Waals surface area contributed by atoms with Crippen LogP contribution in [0.5, 0.6) is 0 Å². The molecule has 0 spiro atoms. The number of methoxy groups -OCH3 is 3. The molecule has 0 saturated heterocycles. The van der Waals surface area contributed by atoms with Crippen molar-refractivity contribution in [2.75, 3.05) is 21.3 Å². The molecule has 0 unspecified atom stereocenters. The summed E-state index contributed by atoms with van der Waals surface area (Å²) >= 11 is 5.89. The van der Waals surface area contributed by atoms with Gasteiger partial charge in [0.2, 0.25) is 0 Å². The fourth-order valence-electron chi connectivity index (χ4n) is 2.14. The largest absolute Gasteiger partial charge is 0.465 e. The monoisotopic (exact) mass is 352 g/mol. The van der Waals surface area contributed by atoms with E-state index < -0.39 is 17.8 Å². The third-order valence-electron chi connectivity index (χ3n) is 3.41. The second-order valence-electron chi connectivity index (χ2n) is 4.81. The maximum atomic E-state index is 12.7. The van der Waals surface area contributed by atoms with E-state index in [4.69, 9.17) is 21.1 Å². The van der Waals surface area contributed by atoms with Crippen LogP contribution < -0.4 is 5.56 Å². The molecule has 8 heteroatoms. The van der Waals surface area contributed by atoms with Gasteiger partial charge in [-0.05, 0) is 24.3 Å². The number of ether oxygens (including phenoxy) is 3. The molecule has 0 aliphatic rings. The molecular formula is C16H17ClN2O5. The summed E-state index contributed by atoms with van der Waals surface area (Å²) < 4.78 is 16.2. The average molecular weight is 353 g/mol. The van der Waals surface area contributed by atoms with Crippen LogP contribution in [-0.2, 0) is 20.8 Å². The number of nitrogens with zero attached hydrogens (tertiary/aromatic N) is 2. The number of rotatable bonds is 6. The van der Waals surface area contributed by atoms with Gasteiger partial charge in [0.15, 0.2) is 6.29 Å². The molecule has 1 heterocycles. The molecule has 2 aromatic rings. The Morgan fingerprint density at radius 3 is 2.38 bits per heavy atom. The van der Waals surface area contributed by atoms with Crippen molar-refractivity contribution in [1.29, 1.82) is 0 Å². The van der Waals surface area contributed by atoms with Gasteiger partial charge in [0.05, 0.1) is 13.7 Å². The molecule has 0 amide bonds. The van der Waals surface area contributed by atoms with Crippen LogP contribution in [0.3, 0.4) is 0 Å². The van der Waals surface area contributed by atoms with Crippen LogP contribution in [0.1, 0.15) is 10.4 Å². The number of esters is 1. The van der Waals surface area contributed by atoms with E-state index in [1.165, 1.54) is 32.1 Å². The lowest BCUT2D eigenvalue weighted by Crippen LogP contribution is -2.34. The minimum Gasteiger partial charge on any atom is -0.465 e. The molecule has 0 atom stereocenters. The lowest BCUT2D eigenvalue weighted by Gasteiger charge is -2.18. The summed E-state index contributed by atoms with van der Waals surface area (Å²) in [5.41, 5.74) is -0.0408. The summed E-state index contributed by atoms with van der Waals surface area (Å²) in [5.74, 6) is -0.390. The quantitative estimate of drug-likeness (QED) is 0.584. The van der Waals surface area contributed by atoms with Gasteiger partial charge in [-0.3, -0.25) is 9.36 Å². The molecule has 0 radical (unpaired) electrons. The van der Waals surface area contributed by atoms with E-state index in [1.807, 2.05) is 0 Å². The van der Waals surface area contributed by atoms with Crippen molar-refractivity contribution in [3.8, 4) is 11.4 Å². The first kappa shape index (κ1) is 18.1. The highest BCUT2D eigenvalue weighted by molar-refractivity contribution is 6.30. The van der Waals surface area contributed by atoms with Gasteiger partial charge in [0.25, 0.3) is 5.56 Å². The Morgan fingerprint density at radius 2 is 1.83 bits per heavy atom. The van der Waals surface area contributed by atoms with Crippen molar-refractivity contribution in [3.05, 3.63) is 51.4 Å². The van der Waals surface area contributed by atoms with Crippen molar-refractivity contribution < 1.29 is 19.0 Å². The van der Waals surface area contributed by atoms with E-state index in [0.29, 0.717) is 16.4 Å². The molecule has 0 N–H and O–H groups in total. The number of hydrogen-bond donors (Lipinski definition) is 0. The second-order valence-corrected chi connectivity index (χ2v) is 5.25. The summed E-state index contributed by atoms with van der Waals surface area (Å²) in [7, 11) is 4.11. The highest BCUT2D eigenvalue weighted by Gasteiger charge is 2.20. The molecule has 7 nitrogen and oxygen atoms in total. The molecule has 128 valence electrons. The van der Waals surface area contributed by atoms with Crippen LogP contribution in [0.4, 0.5) is 0 Å². The predicted octanol–water partition coefficient (Wildman–Crippen LogP) is 1.97. The SMILES string of the molecule is COC(=O)c1cnc(-c2ccc(Cl)cc2)n(CC(OC)OC)c1=O. The van der Waals surface area contributed by atoms with Crippen molar-refractivity contribution in [2.24, 2.45) is 0 Å². The minimum absolute atomic E-state index is 0.0572. The molecule has 0 fully saturated rings. The van der Waals surface area contributed by atoms with E-state index in [1.54, 1.807) is 24.3 Å². The van der Waals surface area contributed by atoms with Crippen LogP contribution in [-0.4, -0.2) is 43.1 Å². The van der Waals surface area contributed by atoms with Crippen molar-refractivity contribution in [3.63, 3.8) is 0 Å². The highest BCUT2D eigenvalue weighted by atomic mass is 35.5. The summed E-state index contributed by atoms with van der Waals surface area (Å²) in [5, 5.41) is 0.561. The van der Waals surface area contributed by atoms with Crippen LogP contribution in [0.2, 0.25) is 5.02 Å². The van der Waals surface area contributed by atoms with Crippen molar-refractivity contribution in [2.45, 2.75) is 12.8 Å². The van der Waals surface area contributed by atoms with Gasteiger partial charge in [-0.15, -0.1) is 0 Å². The zero-order chi connectivity index (χ0) is 17.7. The van der Waals surface area contributed by atoms with E-state index in [-0.39, 0.29) is 12.1 Å². The summed E-state index contributed by atoms with van der Waals surface area (Å²) in [6.45, 7) is 0.0572. The van der Waals surface area contributed by atoms with Gasteiger partial charge >= 0.3 is 5.97 Å². The van der Waals surface area contributed by atoms with Gasteiger partial charge in [-0.25, -0.2) is 9.78 Å². The molecule has 0 aliphatic carbocycles. The fraction of sp³-hybridized carbons (Fsp3) is 0.312. The number of halogens is 1. The third kappa shape index (κ3) is 3.81. The van der Waals surface area contributed by atoms with Gasteiger partial charge in [-0.2, -0.15) is 0 Å². The predicted molar refractivity (Wildman–Crippen MR) is 88.1 cm³/mol. The summed E-state index contributed by atoms with van der Waals surface area (Å²) in [4.78, 5) is 28.7. The summed E-state index contributed by atoms with van der Waals surface area (Å²) in [6, 6.07) is 6.83. The number of benzene rings is 1. The zero-order valence-corrected chi connectivity index (χ0v) is 14.2. The first-order chi connectivity index (χ1) is 11.5. The maximum Gasteiger partial charge on any atom is 0.345 e. The number of carbonyl (C=O) groups excluding carboxylic acids is 1. The van der Waals surface area contributed by atoms with Crippen LogP contribution >= 0.6 is 11.6 Å². The molecular weight excluding hydrogens is 336 g/mol. The number of hydrogen-bond acceptors (Lipinski definition) is 6. The molecule has 0 aliphatic heterocycles. The minimum atomic E-state index is -0.754. The van der Waals surface area contributed by atoms with Gasteiger partial charge in [0.1, 0.15) is 11.4 Å². The lowest BCUT2D eigenvalue weighted by atomic mass is 10.2. The smallest absolute Gasteiger partial charge is 0.345 e. The lowest BCUT2D eigenvalue weighted by molar-refractivity contribution is -0.111. The first-order valence-corrected chi connectivity index (χ1v) is 7.39. The van der Waals surface area contributed by atoms with E-state index in [9.17, 15) is 9.59 Å². The zero-order valence-electron chi connectivity index (χ0n) is 13.5. The van der Waals surface area contributed by atoms with Crippen LogP contribution in [0.25, 0.3) is 11.4 Å². The third-order valence-corrected chi connectivity index (χ3v) is 3.66. The molecule has 2 rings (SSSR count). The Bertz CT molecular complexity index is 769. The topological polar surface area (TPSA) is 79.7 Å². The number of carbonyl (C=O) groups is 1. The molecule has 0 saturated carbocycles. The molecule has 24 heavy (non-hydrogen) atoms. The van der Waals surface area contributed by atoms with Gasteiger partial charge in [0, 0.05) is 31.0 Å². The Balaban J connectivity index is 2.61. The first-order valence-electron chi connectivity index (χ1n) is 7.01. The highest BCUT2D eigenvalue weighted by Crippen LogP contribution is 2.19. The second kappa shape index (κ2) is 8.05. The standard InChI is InChI=1S/C16H17ClN2O5/c1-22-13(23-2)9-19-14(10-4-6-11(17)7-5-10)18-8-12(15(19)20)16(21)24-3/h4-8,13H,9H2,1-3H3. The van der Waals surface area contributed by atoms with E-state index in [2.05, 4.69) is 9.72 Å². The Kier molecular flexibility index (Phi) is 6.08. The summed E-state index contributed by atoms with van der Waals surface area (Å²) in [6.07, 6.45) is 0.520. The Morgan fingerprint density at radius 1 is 1.21 bits per heavy atom. The van der Waals surface area contributed by atoms with Crippen molar-refractivity contribution in [1.82, 2.24) is 9.55 Å². The molecule has 1 aromatic heterocycles. The van der Waals surface area contributed by atoms with E-state index in [0.717, 1.165) is 0 Å². The maximum absolute atomic E-state index is 12.7. The van der Waals surface area contributed by atoms with Gasteiger partial charge in [-0.1, -0.05) is 11.6 Å². The van der Waals surface area contributed by atoms with E-state index >= 15 is 0 Å². The van der Waals surface area contributed by atoms with Crippen molar-refractivity contribution >= 4 is 17.6 Å². The fourth-order valence-corrected chi connectivity index (χ4v) is 2.26. The van der Waals surface area contributed by atoms with Gasteiger partial charge < -0.3 is 14.2 Å². The average Bonchev–Trinajstić information content (AvgIpc) is 2.60.